The van der Waals surface area contributed by atoms with E-state index in [1.54, 1.807) is 28.1 Å². The molecule has 2 aliphatic rings. The third-order valence-corrected chi connectivity index (χ3v) is 6.61. The maximum Gasteiger partial charge on any atom is 0.323 e. The molecule has 2 aliphatic heterocycles. The van der Waals surface area contributed by atoms with Crippen LogP contribution in [0.1, 0.15) is 51.3 Å². The van der Waals surface area contributed by atoms with Crippen LogP contribution in [0.25, 0.3) is 0 Å². The first-order chi connectivity index (χ1) is 14.1. The molecule has 2 heterocycles. The average molecular weight is 421 g/mol. The van der Waals surface area contributed by atoms with Crippen LogP contribution < -0.4 is 15.2 Å². The molecule has 0 aliphatic carbocycles. The van der Waals surface area contributed by atoms with Crippen molar-refractivity contribution in [2.75, 3.05) is 27.3 Å². The van der Waals surface area contributed by atoms with E-state index < -0.39 is 23.7 Å². The Labute approximate surface area is 179 Å². The van der Waals surface area contributed by atoms with E-state index in [-0.39, 0.29) is 17.9 Å². The summed E-state index contributed by atoms with van der Waals surface area (Å²) in [6.45, 7) is 8.90. The molecular weight excluding hydrogens is 384 g/mol. The fourth-order valence-corrected chi connectivity index (χ4v) is 4.64. The zero-order chi connectivity index (χ0) is 22.2. The van der Waals surface area contributed by atoms with Crippen LogP contribution in [-0.2, 0) is 16.0 Å². The van der Waals surface area contributed by atoms with Crippen LogP contribution in [0.15, 0.2) is 12.1 Å². The number of benzene rings is 1. The highest BCUT2D eigenvalue weighted by molar-refractivity contribution is 5.76. The molecule has 4 atom stereocenters. The highest BCUT2D eigenvalue weighted by Gasteiger charge is 2.46. The Morgan fingerprint density at radius 3 is 2.43 bits per heavy atom. The van der Waals surface area contributed by atoms with Gasteiger partial charge in [-0.2, -0.15) is 0 Å². The summed E-state index contributed by atoms with van der Waals surface area (Å²) in [6, 6.07) is 3.49. The topological polar surface area (TPSA) is 94.2 Å². The molecule has 168 valence electrons. The third-order valence-electron chi connectivity index (χ3n) is 6.61. The molecule has 7 nitrogen and oxygen atoms in total. The van der Waals surface area contributed by atoms with Crippen LogP contribution in [0.3, 0.4) is 0 Å². The van der Waals surface area contributed by atoms with E-state index in [2.05, 4.69) is 4.90 Å². The Kier molecular flexibility index (Phi) is 6.65. The maximum atomic E-state index is 12.6. The number of ether oxygens (including phenoxy) is 3. The number of carbonyl (C=O) groups is 1. The number of aliphatic hydroxyl groups is 1. The second kappa shape index (κ2) is 8.73. The minimum absolute atomic E-state index is 0.00897. The van der Waals surface area contributed by atoms with E-state index >= 15 is 0 Å². The number of hydrogen-bond acceptors (Lipinski definition) is 7. The van der Waals surface area contributed by atoms with Gasteiger partial charge in [0.25, 0.3) is 0 Å². The number of nitrogens with two attached hydrogens (primary N) is 1. The minimum Gasteiger partial charge on any atom is -0.493 e. The second-order valence-electron chi connectivity index (χ2n) is 9.41. The first-order valence-corrected chi connectivity index (χ1v) is 10.7. The highest BCUT2D eigenvalue weighted by atomic mass is 16.5. The van der Waals surface area contributed by atoms with Gasteiger partial charge in [0.2, 0.25) is 0 Å². The van der Waals surface area contributed by atoms with Crippen molar-refractivity contribution >= 4 is 5.97 Å². The lowest BCUT2D eigenvalue weighted by atomic mass is 9.76. The Hall–Kier alpha value is -1.83. The largest absolute Gasteiger partial charge is 0.493 e. The molecule has 0 spiro atoms. The number of rotatable bonds is 6. The van der Waals surface area contributed by atoms with Gasteiger partial charge in [-0.3, -0.25) is 9.69 Å². The Bertz CT molecular complexity index is 774. The van der Waals surface area contributed by atoms with Gasteiger partial charge in [-0.1, -0.05) is 13.8 Å². The summed E-state index contributed by atoms with van der Waals surface area (Å²) in [4.78, 5) is 15.0. The van der Waals surface area contributed by atoms with E-state index in [9.17, 15) is 9.90 Å². The molecule has 0 bridgehead atoms. The number of methoxy groups -OCH3 is 2. The number of hydrogen-bond donors (Lipinski definition) is 2. The number of carbonyl (C=O) groups excluding carboxylic acids is 1. The quantitative estimate of drug-likeness (QED) is 0.682. The Morgan fingerprint density at radius 2 is 1.87 bits per heavy atom. The van der Waals surface area contributed by atoms with E-state index in [1.165, 1.54) is 11.1 Å². The summed E-state index contributed by atoms with van der Waals surface area (Å²) in [5.41, 5.74) is 7.45. The fourth-order valence-electron chi connectivity index (χ4n) is 4.64. The zero-order valence-corrected chi connectivity index (χ0v) is 19.0. The fraction of sp³-hybridized carbons (Fsp3) is 0.696. The van der Waals surface area contributed by atoms with Crippen LogP contribution in [0.5, 0.6) is 11.5 Å². The molecule has 30 heavy (non-hydrogen) atoms. The number of piperidine rings is 1. The molecule has 1 aromatic rings. The van der Waals surface area contributed by atoms with Crippen LogP contribution in [0.4, 0.5) is 0 Å². The van der Waals surface area contributed by atoms with Gasteiger partial charge in [0.15, 0.2) is 11.5 Å². The third kappa shape index (κ3) is 4.43. The van der Waals surface area contributed by atoms with Gasteiger partial charge in [-0.05, 0) is 49.4 Å². The van der Waals surface area contributed by atoms with E-state index in [4.69, 9.17) is 19.9 Å². The standard InChI is InChI=1S/C23H36N2O5/c1-13(2)21(24)22(26)30-18-11-17-15-10-20(29-6)19(28-5)9-14(15)7-8-25(17)12-16(18)23(3,4)27/h9-10,13,16-18,21,27H,7-8,11-12,24H2,1-6H3/t16-,17-,18-,21+/m1/s1. The van der Waals surface area contributed by atoms with Crippen molar-refractivity contribution in [1.29, 1.82) is 0 Å². The summed E-state index contributed by atoms with van der Waals surface area (Å²) in [5.74, 6) is 0.809. The van der Waals surface area contributed by atoms with Crippen LogP contribution in [0.2, 0.25) is 0 Å². The molecule has 7 heteroatoms. The molecule has 1 aromatic carbocycles. The van der Waals surface area contributed by atoms with E-state index in [0.29, 0.717) is 18.7 Å². The van der Waals surface area contributed by atoms with Crippen molar-refractivity contribution in [3.8, 4) is 11.5 Å². The monoisotopic (exact) mass is 420 g/mol. The van der Waals surface area contributed by atoms with Gasteiger partial charge in [0, 0.05) is 31.5 Å². The van der Waals surface area contributed by atoms with Crippen molar-refractivity contribution in [1.82, 2.24) is 4.90 Å². The summed E-state index contributed by atoms with van der Waals surface area (Å²) in [6.07, 6.45) is 1.09. The summed E-state index contributed by atoms with van der Waals surface area (Å²) < 4.78 is 16.9. The van der Waals surface area contributed by atoms with Crippen molar-refractivity contribution in [2.45, 2.75) is 64.3 Å². The minimum atomic E-state index is -0.976. The van der Waals surface area contributed by atoms with E-state index in [0.717, 1.165) is 18.7 Å². The number of esters is 1. The van der Waals surface area contributed by atoms with Gasteiger partial charge in [-0.25, -0.2) is 0 Å². The molecule has 3 rings (SSSR count). The van der Waals surface area contributed by atoms with Gasteiger partial charge in [0.1, 0.15) is 12.1 Å². The highest BCUT2D eigenvalue weighted by Crippen LogP contribution is 2.45. The number of fused-ring (bicyclic) bond motifs is 3. The summed E-state index contributed by atoms with van der Waals surface area (Å²) >= 11 is 0. The van der Waals surface area contributed by atoms with Crippen molar-refractivity contribution in [3.63, 3.8) is 0 Å². The molecule has 0 unspecified atom stereocenters. The maximum absolute atomic E-state index is 12.6. The normalized spacial score (nSPS) is 25.3. The first-order valence-electron chi connectivity index (χ1n) is 10.7. The van der Waals surface area contributed by atoms with Gasteiger partial charge in [-0.15, -0.1) is 0 Å². The van der Waals surface area contributed by atoms with Crippen LogP contribution >= 0.6 is 0 Å². The molecule has 3 N–H and O–H groups in total. The van der Waals surface area contributed by atoms with Crippen LogP contribution in [-0.4, -0.2) is 61.0 Å². The smallest absolute Gasteiger partial charge is 0.323 e. The lowest BCUT2D eigenvalue weighted by Crippen LogP contribution is -2.56. The molecule has 1 saturated heterocycles. The molecule has 0 saturated carbocycles. The molecular formula is C23H36N2O5. The van der Waals surface area contributed by atoms with Gasteiger partial charge in [0.05, 0.1) is 19.8 Å². The predicted molar refractivity (Wildman–Crippen MR) is 115 cm³/mol. The van der Waals surface area contributed by atoms with Crippen molar-refractivity contribution < 1.29 is 24.1 Å². The predicted octanol–water partition coefficient (Wildman–Crippen LogP) is 2.29. The zero-order valence-electron chi connectivity index (χ0n) is 19.0. The lowest BCUT2D eigenvalue weighted by Gasteiger charge is -2.49. The number of nitrogens with zero attached hydrogens (tertiary/aromatic N) is 1. The SMILES string of the molecule is COc1cc2c(cc1OC)[C@H]1C[C@@H](OC(=O)[C@@H](N)C(C)C)[C@H](C(C)(C)O)CN1CC2. The van der Waals surface area contributed by atoms with Crippen molar-refractivity contribution in [2.24, 2.45) is 17.6 Å². The molecule has 0 aromatic heterocycles. The molecule has 0 amide bonds. The molecule has 0 radical (unpaired) electrons. The van der Waals surface area contributed by atoms with E-state index in [1.807, 2.05) is 26.0 Å². The second-order valence-corrected chi connectivity index (χ2v) is 9.41. The Morgan fingerprint density at radius 1 is 1.23 bits per heavy atom. The summed E-state index contributed by atoms with van der Waals surface area (Å²) in [5, 5.41) is 10.8. The lowest BCUT2D eigenvalue weighted by molar-refractivity contribution is -0.169. The van der Waals surface area contributed by atoms with Crippen molar-refractivity contribution in [3.05, 3.63) is 23.3 Å². The van der Waals surface area contributed by atoms with Gasteiger partial charge >= 0.3 is 5.97 Å². The summed E-state index contributed by atoms with van der Waals surface area (Å²) in [7, 11) is 3.27. The first kappa shape index (κ1) is 22.8. The molecule has 1 fully saturated rings. The Balaban J connectivity index is 1.92. The average Bonchev–Trinajstić information content (AvgIpc) is 2.70. The van der Waals surface area contributed by atoms with Crippen LogP contribution in [0, 0.1) is 11.8 Å². The van der Waals surface area contributed by atoms with Gasteiger partial charge < -0.3 is 25.1 Å².